The van der Waals surface area contributed by atoms with Gasteiger partial charge in [0.1, 0.15) is 0 Å². The molecular formula is C11H20N4. The monoisotopic (exact) mass is 208 g/mol. The third-order valence-electron chi connectivity index (χ3n) is 2.31. The van der Waals surface area contributed by atoms with E-state index in [9.17, 15) is 0 Å². The summed E-state index contributed by atoms with van der Waals surface area (Å²) in [5.41, 5.74) is 6.45. The van der Waals surface area contributed by atoms with Crippen LogP contribution in [0.3, 0.4) is 0 Å². The van der Waals surface area contributed by atoms with E-state index in [1.165, 1.54) is 0 Å². The van der Waals surface area contributed by atoms with Crippen LogP contribution in [0.2, 0.25) is 0 Å². The molecule has 0 aliphatic rings. The van der Waals surface area contributed by atoms with E-state index in [0.717, 1.165) is 24.5 Å². The molecule has 0 spiro atoms. The highest BCUT2D eigenvalue weighted by molar-refractivity contribution is 5.28. The Morgan fingerprint density at radius 3 is 2.40 bits per heavy atom. The second-order valence-corrected chi connectivity index (χ2v) is 4.20. The third kappa shape index (κ3) is 3.83. The number of rotatable bonds is 5. The molecule has 1 heterocycles. The van der Waals surface area contributed by atoms with Crippen molar-refractivity contribution in [3.05, 3.63) is 18.0 Å². The Balaban J connectivity index is 2.54. The van der Waals surface area contributed by atoms with Crippen molar-refractivity contribution in [2.45, 2.75) is 26.8 Å². The van der Waals surface area contributed by atoms with Crippen LogP contribution in [-0.2, 0) is 6.54 Å². The van der Waals surface area contributed by atoms with Gasteiger partial charge in [0.2, 0.25) is 5.95 Å². The molecule has 0 atom stereocenters. The number of nitrogens with two attached hydrogens (primary N) is 1. The van der Waals surface area contributed by atoms with E-state index in [2.05, 4.69) is 28.7 Å². The lowest BCUT2D eigenvalue weighted by atomic mass is 10.1. The van der Waals surface area contributed by atoms with Crippen molar-refractivity contribution >= 4 is 5.95 Å². The minimum Gasteiger partial charge on any atom is -0.344 e. The molecule has 0 radical (unpaired) electrons. The fourth-order valence-electron chi connectivity index (χ4n) is 1.20. The second-order valence-electron chi connectivity index (χ2n) is 4.20. The second kappa shape index (κ2) is 5.66. The van der Waals surface area contributed by atoms with Crippen molar-refractivity contribution < 1.29 is 0 Å². The third-order valence-corrected chi connectivity index (χ3v) is 2.31. The maximum absolute atomic E-state index is 5.48. The van der Waals surface area contributed by atoms with E-state index in [1.54, 1.807) is 12.4 Å². The molecule has 0 aliphatic heterocycles. The molecule has 0 amide bonds. The Hall–Kier alpha value is -1.16. The van der Waals surface area contributed by atoms with Gasteiger partial charge in [-0.25, -0.2) is 9.97 Å². The summed E-state index contributed by atoms with van der Waals surface area (Å²) in [6.07, 6.45) is 4.72. The predicted molar refractivity (Wildman–Crippen MR) is 62.6 cm³/mol. The molecule has 0 saturated heterocycles. The number of hydrogen-bond donors (Lipinski definition) is 1. The van der Waals surface area contributed by atoms with Crippen LogP contribution in [0, 0.1) is 5.92 Å². The maximum Gasteiger partial charge on any atom is 0.224 e. The number of hydrogen-bond acceptors (Lipinski definition) is 4. The Morgan fingerprint density at radius 2 is 1.93 bits per heavy atom. The summed E-state index contributed by atoms with van der Waals surface area (Å²) in [6, 6.07) is 0. The van der Waals surface area contributed by atoms with Gasteiger partial charge in [0.25, 0.3) is 0 Å². The van der Waals surface area contributed by atoms with Crippen molar-refractivity contribution in [1.29, 1.82) is 0 Å². The highest BCUT2D eigenvalue weighted by atomic mass is 15.2. The molecule has 84 valence electrons. The maximum atomic E-state index is 5.48. The van der Waals surface area contributed by atoms with Crippen LogP contribution in [0.1, 0.15) is 25.8 Å². The summed E-state index contributed by atoms with van der Waals surface area (Å²) in [5, 5.41) is 0. The first-order valence-electron chi connectivity index (χ1n) is 5.35. The molecule has 0 saturated carbocycles. The van der Waals surface area contributed by atoms with Gasteiger partial charge in [0, 0.05) is 38.1 Å². The summed E-state index contributed by atoms with van der Waals surface area (Å²) in [7, 11) is 2.01. The first kappa shape index (κ1) is 11.9. The molecule has 4 nitrogen and oxygen atoms in total. The van der Waals surface area contributed by atoms with Crippen molar-refractivity contribution in [3.8, 4) is 0 Å². The van der Waals surface area contributed by atoms with Gasteiger partial charge in [-0.2, -0.15) is 0 Å². The van der Waals surface area contributed by atoms with Gasteiger partial charge >= 0.3 is 0 Å². The summed E-state index contributed by atoms with van der Waals surface area (Å²) in [5.74, 6) is 1.48. The highest BCUT2D eigenvalue weighted by Gasteiger charge is 2.04. The van der Waals surface area contributed by atoms with E-state index in [4.69, 9.17) is 5.73 Å². The number of aromatic nitrogens is 2. The van der Waals surface area contributed by atoms with Gasteiger partial charge in [0.05, 0.1) is 0 Å². The van der Waals surface area contributed by atoms with Crippen molar-refractivity contribution in [1.82, 2.24) is 9.97 Å². The largest absolute Gasteiger partial charge is 0.344 e. The average Bonchev–Trinajstić information content (AvgIpc) is 2.26. The van der Waals surface area contributed by atoms with E-state index < -0.39 is 0 Å². The minimum absolute atomic E-state index is 0.496. The SMILES string of the molecule is CC(C)CCN(C)c1ncc(CN)cn1. The summed E-state index contributed by atoms with van der Waals surface area (Å²) in [4.78, 5) is 10.6. The van der Waals surface area contributed by atoms with E-state index in [0.29, 0.717) is 12.5 Å². The number of anilines is 1. The van der Waals surface area contributed by atoms with Gasteiger partial charge in [0.15, 0.2) is 0 Å². The average molecular weight is 208 g/mol. The molecule has 15 heavy (non-hydrogen) atoms. The Bertz CT molecular complexity index is 281. The zero-order valence-electron chi connectivity index (χ0n) is 9.77. The van der Waals surface area contributed by atoms with Crippen LogP contribution in [0.25, 0.3) is 0 Å². The topological polar surface area (TPSA) is 55.0 Å². The van der Waals surface area contributed by atoms with E-state index in [1.807, 2.05) is 7.05 Å². The molecule has 4 heteroatoms. The molecular weight excluding hydrogens is 188 g/mol. The minimum atomic E-state index is 0.496. The van der Waals surface area contributed by atoms with Crippen LogP contribution in [-0.4, -0.2) is 23.6 Å². The zero-order valence-corrected chi connectivity index (χ0v) is 9.77. The van der Waals surface area contributed by atoms with Gasteiger partial charge in [-0.3, -0.25) is 0 Å². The van der Waals surface area contributed by atoms with Gasteiger partial charge < -0.3 is 10.6 Å². The first-order chi connectivity index (χ1) is 7.13. The lowest BCUT2D eigenvalue weighted by Crippen LogP contribution is -2.22. The summed E-state index contributed by atoms with van der Waals surface area (Å²) >= 11 is 0. The van der Waals surface area contributed by atoms with Crippen molar-refractivity contribution in [2.75, 3.05) is 18.5 Å². The van der Waals surface area contributed by atoms with Gasteiger partial charge in [-0.15, -0.1) is 0 Å². The van der Waals surface area contributed by atoms with Crippen LogP contribution < -0.4 is 10.6 Å². The smallest absolute Gasteiger partial charge is 0.224 e. The summed E-state index contributed by atoms with van der Waals surface area (Å²) < 4.78 is 0. The zero-order chi connectivity index (χ0) is 11.3. The Labute approximate surface area is 91.5 Å². The normalized spacial score (nSPS) is 10.7. The van der Waals surface area contributed by atoms with Crippen molar-refractivity contribution in [2.24, 2.45) is 11.7 Å². The lowest BCUT2D eigenvalue weighted by molar-refractivity contribution is 0.581. The van der Waals surface area contributed by atoms with Crippen LogP contribution in [0.4, 0.5) is 5.95 Å². The van der Waals surface area contributed by atoms with E-state index in [-0.39, 0.29) is 0 Å². The summed E-state index contributed by atoms with van der Waals surface area (Å²) in [6.45, 7) is 5.91. The molecule has 1 rings (SSSR count). The molecule has 2 N–H and O–H groups in total. The molecule has 0 aromatic carbocycles. The highest BCUT2D eigenvalue weighted by Crippen LogP contribution is 2.07. The predicted octanol–water partition coefficient (Wildman–Crippen LogP) is 1.42. The fraction of sp³-hybridized carbons (Fsp3) is 0.636. The quantitative estimate of drug-likeness (QED) is 0.795. The molecule has 0 aliphatic carbocycles. The van der Waals surface area contributed by atoms with Crippen LogP contribution in [0.5, 0.6) is 0 Å². The van der Waals surface area contributed by atoms with Gasteiger partial charge in [-0.1, -0.05) is 13.8 Å². The molecule has 0 bridgehead atoms. The molecule has 1 aromatic rings. The van der Waals surface area contributed by atoms with Crippen LogP contribution >= 0.6 is 0 Å². The lowest BCUT2D eigenvalue weighted by Gasteiger charge is -2.17. The standard InChI is InChI=1S/C11H20N4/c1-9(2)4-5-15(3)11-13-7-10(6-12)8-14-11/h7-9H,4-6,12H2,1-3H3. The van der Waals surface area contributed by atoms with Gasteiger partial charge in [-0.05, 0) is 12.3 Å². The Morgan fingerprint density at radius 1 is 1.33 bits per heavy atom. The number of nitrogens with zero attached hydrogens (tertiary/aromatic N) is 3. The Kier molecular flexibility index (Phi) is 4.49. The fourth-order valence-corrected chi connectivity index (χ4v) is 1.20. The molecule has 1 aromatic heterocycles. The van der Waals surface area contributed by atoms with E-state index >= 15 is 0 Å². The first-order valence-corrected chi connectivity index (χ1v) is 5.35. The van der Waals surface area contributed by atoms with Crippen LogP contribution in [0.15, 0.2) is 12.4 Å². The van der Waals surface area contributed by atoms with Crippen molar-refractivity contribution in [3.63, 3.8) is 0 Å². The molecule has 0 fully saturated rings. The molecule has 0 unspecified atom stereocenters.